The summed E-state index contributed by atoms with van der Waals surface area (Å²) in [6.07, 6.45) is 0.948. The summed E-state index contributed by atoms with van der Waals surface area (Å²) < 4.78 is 10.9. The number of quaternary nitrogens is 1. The quantitative estimate of drug-likeness (QED) is 0.315. The zero-order valence-corrected chi connectivity index (χ0v) is 27.0. The Balaban J connectivity index is 0.00000506. The largest absolute Gasteiger partial charge is 1.00 e. The predicted molar refractivity (Wildman–Crippen MR) is 167 cm³/mol. The lowest BCUT2D eigenvalue weighted by atomic mass is 9.80. The van der Waals surface area contributed by atoms with Gasteiger partial charge in [0.1, 0.15) is 13.2 Å². The molecule has 0 aromatic heterocycles. The van der Waals surface area contributed by atoms with E-state index in [0.717, 1.165) is 13.0 Å². The van der Waals surface area contributed by atoms with Gasteiger partial charge in [-0.15, -0.1) is 0 Å². The van der Waals surface area contributed by atoms with Gasteiger partial charge in [0.15, 0.2) is 0 Å². The number of halogens is 3. The molecule has 1 aliphatic rings. The van der Waals surface area contributed by atoms with E-state index in [1.165, 1.54) is 23.1 Å². The molecular formula is C34H37Cl3N2O4. The minimum absolute atomic E-state index is 0. The third-order valence-electron chi connectivity index (χ3n) is 7.70. The van der Waals surface area contributed by atoms with Crippen molar-refractivity contribution in [2.45, 2.75) is 32.1 Å². The summed E-state index contributed by atoms with van der Waals surface area (Å²) in [5.74, 6) is -1.59. The van der Waals surface area contributed by atoms with Crippen LogP contribution in [-0.2, 0) is 19.1 Å². The molecule has 2 N–H and O–H groups in total. The standard InChI is InChI=1S/C34H36Cl2N2O4.ClH/c1-22-29(33(39)41-4)31(27-16-11-17-28(35)32(27)36)30(23(2)37-22)34(40)42-21-20-38(3)19-18-26(24-12-7-5-8-13-24)25-14-9-6-10-15-25;/h5-17,26,31,37H,18-21H2,1-4H3;1H. The van der Waals surface area contributed by atoms with Gasteiger partial charge in [0.2, 0.25) is 0 Å². The van der Waals surface area contributed by atoms with E-state index in [2.05, 4.69) is 60.9 Å². The van der Waals surface area contributed by atoms with Gasteiger partial charge in [-0.2, -0.15) is 0 Å². The normalized spacial score (nSPS) is 15.5. The number of benzene rings is 3. The van der Waals surface area contributed by atoms with Crippen molar-refractivity contribution < 1.29 is 36.4 Å². The van der Waals surface area contributed by atoms with Crippen LogP contribution in [0.1, 0.15) is 48.8 Å². The van der Waals surface area contributed by atoms with E-state index in [4.69, 9.17) is 32.7 Å². The lowest BCUT2D eigenvalue weighted by Gasteiger charge is -2.31. The molecule has 1 heterocycles. The van der Waals surface area contributed by atoms with Gasteiger partial charge in [0, 0.05) is 23.7 Å². The van der Waals surface area contributed by atoms with Gasteiger partial charge in [-0.3, -0.25) is 0 Å². The molecule has 2 atom stereocenters. The highest BCUT2D eigenvalue weighted by molar-refractivity contribution is 6.42. The Morgan fingerprint density at radius 2 is 1.40 bits per heavy atom. The number of esters is 2. The Kier molecular flexibility index (Phi) is 12.7. The van der Waals surface area contributed by atoms with E-state index in [9.17, 15) is 9.59 Å². The second kappa shape index (κ2) is 16.0. The van der Waals surface area contributed by atoms with Crippen LogP contribution in [0.4, 0.5) is 0 Å². The second-order valence-corrected chi connectivity index (χ2v) is 11.3. The first-order valence-corrected chi connectivity index (χ1v) is 14.8. The molecular weight excluding hydrogens is 607 g/mol. The maximum Gasteiger partial charge on any atom is 0.336 e. The van der Waals surface area contributed by atoms with Crippen molar-refractivity contribution in [2.24, 2.45) is 0 Å². The van der Waals surface area contributed by atoms with Crippen molar-refractivity contribution in [3.8, 4) is 0 Å². The third kappa shape index (κ3) is 8.21. The first-order chi connectivity index (χ1) is 20.2. The summed E-state index contributed by atoms with van der Waals surface area (Å²) in [7, 11) is 3.41. The second-order valence-electron chi connectivity index (χ2n) is 10.5. The molecule has 0 radical (unpaired) electrons. The molecule has 4 rings (SSSR count). The molecule has 3 aromatic rings. The first kappa shape index (κ1) is 34.2. The van der Waals surface area contributed by atoms with E-state index >= 15 is 0 Å². The van der Waals surface area contributed by atoms with Crippen LogP contribution in [0.2, 0.25) is 10.0 Å². The van der Waals surface area contributed by atoms with E-state index in [-0.39, 0.29) is 35.5 Å². The van der Waals surface area contributed by atoms with Gasteiger partial charge in [0.25, 0.3) is 0 Å². The van der Waals surface area contributed by atoms with Crippen LogP contribution in [0, 0.1) is 0 Å². The Bertz CT molecular complexity index is 1440. The molecule has 9 heteroatoms. The summed E-state index contributed by atoms with van der Waals surface area (Å²) in [4.78, 5) is 27.7. The minimum Gasteiger partial charge on any atom is -1.00 e. The number of dihydropyridines is 1. The van der Waals surface area contributed by atoms with Gasteiger partial charge in [-0.05, 0) is 36.6 Å². The maximum atomic E-state index is 13.6. The highest BCUT2D eigenvalue weighted by atomic mass is 35.5. The number of hydrogen-bond donors (Lipinski definition) is 2. The van der Waals surface area contributed by atoms with Crippen LogP contribution in [0.15, 0.2) is 101 Å². The number of ether oxygens (including phenoxy) is 2. The van der Waals surface area contributed by atoms with Crippen LogP contribution in [0.25, 0.3) is 0 Å². The molecule has 2 unspecified atom stereocenters. The molecule has 0 amide bonds. The topological polar surface area (TPSA) is 69.1 Å². The van der Waals surface area contributed by atoms with Gasteiger partial charge < -0.3 is 32.1 Å². The number of carbonyl (C=O) groups excluding carboxylic acids is 2. The SMILES string of the molecule is COC(=O)C1=C(C)NC(C)=C(C(=O)OCC[NH+](C)CCC(c2ccccc2)c2ccccc2)C1c1cccc(Cl)c1Cl.[Cl-]. The molecule has 0 aliphatic carbocycles. The summed E-state index contributed by atoms with van der Waals surface area (Å²) in [5.41, 5.74) is 4.85. The highest BCUT2D eigenvalue weighted by Crippen LogP contribution is 2.43. The first-order valence-electron chi connectivity index (χ1n) is 14.0. The molecule has 43 heavy (non-hydrogen) atoms. The Labute approximate surface area is 270 Å². The van der Waals surface area contributed by atoms with Crippen LogP contribution in [0.5, 0.6) is 0 Å². The lowest BCUT2D eigenvalue weighted by molar-refractivity contribution is -0.880. The molecule has 228 valence electrons. The van der Waals surface area contributed by atoms with Crippen LogP contribution >= 0.6 is 23.2 Å². The maximum absolute atomic E-state index is 13.6. The Morgan fingerprint density at radius 1 is 0.837 bits per heavy atom. The van der Waals surface area contributed by atoms with Crippen molar-refractivity contribution in [3.05, 3.63) is 128 Å². The van der Waals surface area contributed by atoms with Gasteiger partial charge in [0.05, 0.1) is 47.8 Å². The highest BCUT2D eigenvalue weighted by Gasteiger charge is 2.39. The number of methoxy groups -OCH3 is 1. The summed E-state index contributed by atoms with van der Waals surface area (Å²) in [6, 6.07) is 26.2. The number of hydrogen-bond acceptors (Lipinski definition) is 5. The Hall–Kier alpha value is -3.29. The van der Waals surface area contributed by atoms with Crippen LogP contribution in [-0.4, -0.2) is 45.8 Å². The van der Waals surface area contributed by atoms with Crippen LogP contribution in [0.3, 0.4) is 0 Å². The third-order valence-corrected chi connectivity index (χ3v) is 8.54. The van der Waals surface area contributed by atoms with E-state index in [1.807, 2.05) is 12.1 Å². The van der Waals surface area contributed by atoms with E-state index < -0.39 is 17.9 Å². The number of nitrogens with one attached hydrogen (secondary N) is 2. The average molecular weight is 644 g/mol. The zero-order valence-electron chi connectivity index (χ0n) is 24.8. The predicted octanol–water partition coefficient (Wildman–Crippen LogP) is 2.69. The monoisotopic (exact) mass is 642 g/mol. The van der Waals surface area contributed by atoms with Crippen LogP contribution < -0.4 is 22.6 Å². The number of likely N-dealkylation sites (N-methyl/N-ethyl adjacent to an activating group) is 1. The molecule has 6 nitrogen and oxygen atoms in total. The summed E-state index contributed by atoms with van der Waals surface area (Å²) in [5, 5.41) is 3.75. The van der Waals surface area contributed by atoms with Crippen molar-refractivity contribution in [1.82, 2.24) is 5.32 Å². The average Bonchev–Trinajstić information content (AvgIpc) is 2.99. The lowest BCUT2D eigenvalue weighted by Crippen LogP contribution is -3.09. The molecule has 3 aromatic carbocycles. The van der Waals surface area contributed by atoms with Gasteiger partial charge in [-0.25, -0.2) is 9.59 Å². The fourth-order valence-electron chi connectivity index (χ4n) is 5.51. The smallest absolute Gasteiger partial charge is 0.336 e. The molecule has 0 bridgehead atoms. The fraction of sp³-hybridized carbons (Fsp3) is 0.294. The molecule has 0 fully saturated rings. The number of carbonyl (C=O) groups is 2. The summed E-state index contributed by atoms with van der Waals surface area (Å²) >= 11 is 12.9. The summed E-state index contributed by atoms with van der Waals surface area (Å²) in [6.45, 7) is 5.28. The fourth-order valence-corrected chi connectivity index (χ4v) is 5.92. The number of rotatable bonds is 11. The zero-order chi connectivity index (χ0) is 30.2. The molecule has 1 aliphatic heterocycles. The van der Waals surface area contributed by atoms with Crippen molar-refractivity contribution in [3.63, 3.8) is 0 Å². The molecule has 0 spiro atoms. The number of allylic oxidation sites excluding steroid dienone is 2. The minimum atomic E-state index is -0.792. The van der Waals surface area contributed by atoms with E-state index in [1.54, 1.807) is 32.0 Å². The Morgan fingerprint density at radius 3 is 1.95 bits per heavy atom. The van der Waals surface area contributed by atoms with E-state index in [0.29, 0.717) is 34.1 Å². The molecule has 0 saturated carbocycles. The van der Waals surface area contributed by atoms with Gasteiger partial charge >= 0.3 is 11.9 Å². The van der Waals surface area contributed by atoms with Crippen molar-refractivity contribution >= 4 is 35.1 Å². The molecule has 0 saturated heterocycles. The van der Waals surface area contributed by atoms with Gasteiger partial charge in [-0.1, -0.05) is 96.0 Å². The van der Waals surface area contributed by atoms with Crippen molar-refractivity contribution in [1.29, 1.82) is 0 Å². The van der Waals surface area contributed by atoms with Crippen molar-refractivity contribution in [2.75, 3.05) is 33.9 Å².